The Bertz CT molecular complexity index is 1090. The minimum Gasteiger partial charge on any atom is -0.333 e. The van der Waals surface area contributed by atoms with Crippen molar-refractivity contribution in [3.8, 4) is 0 Å². The van der Waals surface area contributed by atoms with Gasteiger partial charge < -0.3 is 9.80 Å². The molecule has 1 atom stereocenters. The van der Waals surface area contributed by atoms with Crippen LogP contribution in [-0.2, 0) is 27.3 Å². The van der Waals surface area contributed by atoms with E-state index >= 15 is 0 Å². The average Bonchev–Trinajstić information content (AvgIpc) is 3.46. The molecule has 0 spiro atoms. The van der Waals surface area contributed by atoms with Crippen molar-refractivity contribution in [1.82, 2.24) is 19.8 Å². The third-order valence-corrected chi connectivity index (χ3v) is 6.91. The third kappa shape index (κ3) is 4.21. The highest BCUT2D eigenvalue weighted by molar-refractivity contribution is 5.95. The monoisotopic (exact) mass is 447 g/mol. The fourth-order valence-electron chi connectivity index (χ4n) is 5.14. The van der Waals surface area contributed by atoms with E-state index in [0.717, 1.165) is 36.1 Å². The smallest absolute Gasteiger partial charge is 0.242 e. The minimum absolute atomic E-state index is 0.0510. The average molecular weight is 448 g/mol. The van der Waals surface area contributed by atoms with E-state index in [9.17, 15) is 14.4 Å². The highest BCUT2D eigenvalue weighted by Crippen LogP contribution is 2.35. The van der Waals surface area contributed by atoms with Crippen molar-refractivity contribution >= 4 is 23.5 Å². The molecule has 0 radical (unpaired) electrons. The van der Waals surface area contributed by atoms with Gasteiger partial charge in [0, 0.05) is 37.2 Å². The number of fused-ring (bicyclic) bond motifs is 1. The molecular weight excluding hydrogens is 418 g/mol. The number of amides is 3. The van der Waals surface area contributed by atoms with Crippen molar-refractivity contribution in [3.63, 3.8) is 0 Å². The molecule has 2 aromatic rings. The number of aromatic nitrogens is 2. The van der Waals surface area contributed by atoms with Gasteiger partial charge in [-0.2, -0.15) is 0 Å². The molecule has 1 aromatic heterocycles. The Morgan fingerprint density at radius 1 is 1.00 bits per heavy atom. The van der Waals surface area contributed by atoms with Crippen molar-refractivity contribution in [2.75, 3.05) is 24.5 Å². The maximum absolute atomic E-state index is 13.1. The first-order chi connectivity index (χ1) is 16.0. The van der Waals surface area contributed by atoms with Crippen LogP contribution in [0.3, 0.4) is 0 Å². The molecule has 8 nitrogen and oxygen atoms in total. The summed E-state index contributed by atoms with van der Waals surface area (Å²) in [6.45, 7) is 3.83. The molecule has 3 aliphatic heterocycles. The lowest BCUT2D eigenvalue weighted by molar-refractivity contribution is -0.139. The number of benzene rings is 1. The van der Waals surface area contributed by atoms with Crippen molar-refractivity contribution in [1.29, 1.82) is 0 Å². The Balaban J connectivity index is 1.43. The summed E-state index contributed by atoms with van der Waals surface area (Å²) in [5, 5.41) is 0. The Hall–Kier alpha value is -3.29. The van der Waals surface area contributed by atoms with Crippen LogP contribution in [-0.4, -0.2) is 57.1 Å². The fourth-order valence-corrected chi connectivity index (χ4v) is 5.14. The Labute approximate surface area is 193 Å². The topological polar surface area (TPSA) is 86.7 Å². The maximum atomic E-state index is 13.1. The predicted molar refractivity (Wildman–Crippen MR) is 122 cm³/mol. The van der Waals surface area contributed by atoms with Gasteiger partial charge in [0.25, 0.3) is 0 Å². The predicted octanol–water partition coefficient (Wildman–Crippen LogP) is 2.55. The molecule has 1 unspecified atom stereocenters. The van der Waals surface area contributed by atoms with Gasteiger partial charge in [-0.1, -0.05) is 30.3 Å². The van der Waals surface area contributed by atoms with Crippen LogP contribution in [0.25, 0.3) is 0 Å². The Morgan fingerprint density at radius 3 is 2.58 bits per heavy atom. The van der Waals surface area contributed by atoms with E-state index in [-0.39, 0.29) is 30.3 Å². The summed E-state index contributed by atoms with van der Waals surface area (Å²) in [6.07, 6.45) is 4.07. The molecule has 5 rings (SSSR count). The lowest BCUT2D eigenvalue weighted by Crippen LogP contribution is -2.41. The lowest BCUT2D eigenvalue weighted by Gasteiger charge is -2.31. The van der Waals surface area contributed by atoms with Crippen molar-refractivity contribution < 1.29 is 14.4 Å². The number of carbonyl (C=O) groups excluding carboxylic acids is 3. The standard InChI is InChI=1S/C25H29N5O3/c1-17-19-11-12-22(32)30(15-18-7-3-2-4-8-18)25(19)27-24(26-17)20-9-5-14-29(20)23(33)16-28-13-6-10-21(28)31/h2-4,7-8,20H,5-6,9-16H2,1H3. The number of likely N-dealkylation sites (tertiary alicyclic amines) is 2. The van der Waals surface area contributed by atoms with Gasteiger partial charge in [0.15, 0.2) is 5.82 Å². The largest absolute Gasteiger partial charge is 0.333 e. The first-order valence-electron chi connectivity index (χ1n) is 11.8. The number of aryl methyl sites for hydroxylation is 1. The Morgan fingerprint density at radius 2 is 1.82 bits per heavy atom. The first kappa shape index (κ1) is 21.6. The van der Waals surface area contributed by atoms with Gasteiger partial charge in [-0.05, 0) is 38.2 Å². The van der Waals surface area contributed by atoms with E-state index in [0.29, 0.717) is 50.5 Å². The van der Waals surface area contributed by atoms with Crippen LogP contribution in [0.5, 0.6) is 0 Å². The second kappa shape index (κ2) is 8.92. The number of hydrogen-bond donors (Lipinski definition) is 0. The van der Waals surface area contributed by atoms with E-state index in [4.69, 9.17) is 9.97 Å². The first-order valence-corrected chi connectivity index (χ1v) is 11.8. The molecule has 33 heavy (non-hydrogen) atoms. The molecule has 3 aliphatic rings. The number of rotatable bonds is 5. The summed E-state index contributed by atoms with van der Waals surface area (Å²) >= 11 is 0. The highest BCUT2D eigenvalue weighted by Gasteiger charge is 2.36. The van der Waals surface area contributed by atoms with E-state index in [1.165, 1.54) is 0 Å². The van der Waals surface area contributed by atoms with Gasteiger partial charge >= 0.3 is 0 Å². The zero-order chi connectivity index (χ0) is 22.9. The van der Waals surface area contributed by atoms with Crippen LogP contribution < -0.4 is 4.90 Å². The SMILES string of the molecule is Cc1nc(C2CCCN2C(=O)CN2CCCC2=O)nc2c1CCC(=O)N2Cc1ccccc1. The molecule has 2 saturated heterocycles. The van der Waals surface area contributed by atoms with Crippen LogP contribution in [0.4, 0.5) is 5.82 Å². The lowest BCUT2D eigenvalue weighted by atomic mass is 10.0. The summed E-state index contributed by atoms with van der Waals surface area (Å²) in [6, 6.07) is 9.68. The van der Waals surface area contributed by atoms with Gasteiger partial charge in [0.1, 0.15) is 5.82 Å². The zero-order valence-corrected chi connectivity index (χ0v) is 19.0. The second-order valence-electron chi connectivity index (χ2n) is 9.10. The second-order valence-corrected chi connectivity index (χ2v) is 9.10. The van der Waals surface area contributed by atoms with Crippen LogP contribution in [0.1, 0.15) is 60.8 Å². The molecule has 0 aliphatic carbocycles. The van der Waals surface area contributed by atoms with Gasteiger partial charge in [0.2, 0.25) is 17.7 Å². The fraction of sp³-hybridized carbons (Fsp3) is 0.480. The van der Waals surface area contributed by atoms with Crippen molar-refractivity contribution in [3.05, 3.63) is 53.0 Å². The summed E-state index contributed by atoms with van der Waals surface area (Å²) in [5.74, 6) is 1.32. The molecule has 8 heteroatoms. The summed E-state index contributed by atoms with van der Waals surface area (Å²) in [7, 11) is 0. The number of anilines is 1. The van der Waals surface area contributed by atoms with E-state index in [1.54, 1.807) is 9.80 Å². The van der Waals surface area contributed by atoms with Gasteiger partial charge in [-0.15, -0.1) is 0 Å². The molecule has 2 fully saturated rings. The summed E-state index contributed by atoms with van der Waals surface area (Å²) in [4.78, 5) is 52.8. The van der Waals surface area contributed by atoms with Crippen molar-refractivity contribution in [2.45, 2.75) is 58.0 Å². The van der Waals surface area contributed by atoms with E-state index in [1.807, 2.05) is 42.2 Å². The number of hydrogen-bond acceptors (Lipinski definition) is 5. The van der Waals surface area contributed by atoms with Crippen LogP contribution in [0.15, 0.2) is 30.3 Å². The van der Waals surface area contributed by atoms with E-state index < -0.39 is 0 Å². The molecule has 1 aromatic carbocycles. The molecule has 172 valence electrons. The summed E-state index contributed by atoms with van der Waals surface area (Å²) < 4.78 is 0. The van der Waals surface area contributed by atoms with Crippen LogP contribution in [0, 0.1) is 6.92 Å². The quantitative estimate of drug-likeness (QED) is 0.703. The normalized spacial score (nSPS) is 20.5. The van der Waals surface area contributed by atoms with Crippen LogP contribution in [0.2, 0.25) is 0 Å². The molecular formula is C25H29N5O3. The molecule has 0 saturated carbocycles. The zero-order valence-electron chi connectivity index (χ0n) is 19.0. The van der Waals surface area contributed by atoms with Gasteiger partial charge in [0.05, 0.1) is 19.1 Å². The number of nitrogens with zero attached hydrogens (tertiary/aromatic N) is 5. The minimum atomic E-state index is -0.227. The molecule has 4 heterocycles. The van der Waals surface area contributed by atoms with Crippen LogP contribution >= 0.6 is 0 Å². The highest BCUT2D eigenvalue weighted by atomic mass is 16.2. The van der Waals surface area contributed by atoms with Crippen molar-refractivity contribution in [2.24, 2.45) is 0 Å². The maximum Gasteiger partial charge on any atom is 0.242 e. The third-order valence-electron chi connectivity index (χ3n) is 6.91. The molecule has 0 N–H and O–H groups in total. The molecule has 3 amide bonds. The van der Waals surface area contributed by atoms with E-state index in [2.05, 4.69) is 0 Å². The number of carbonyl (C=O) groups is 3. The van der Waals surface area contributed by atoms with Gasteiger partial charge in [-0.3, -0.25) is 19.3 Å². The summed E-state index contributed by atoms with van der Waals surface area (Å²) in [5.41, 5.74) is 2.92. The Kier molecular flexibility index (Phi) is 5.83. The van der Waals surface area contributed by atoms with Gasteiger partial charge in [-0.25, -0.2) is 9.97 Å². The molecule has 0 bridgehead atoms.